The topological polar surface area (TPSA) is 43.6 Å². The van der Waals surface area contributed by atoms with E-state index >= 15 is 0 Å². The summed E-state index contributed by atoms with van der Waals surface area (Å²) in [6.45, 7) is 6.19. The van der Waals surface area contributed by atoms with Crippen LogP contribution in [-0.4, -0.2) is 23.9 Å². The van der Waals surface area contributed by atoms with Crippen LogP contribution in [0.1, 0.15) is 32.9 Å². The minimum absolute atomic E-state index is 0.330. The van der Waals surface area contributed by atoms with Crippen LogP contribution >= 0.6 is 0 Å². The van der Waals surface area contributed by atoms with E-state index in [0.29, 0.717) is 5.56 Å². The first-order valence-corrected chi connectivity index (χ1v) is 8.48. The molecule has 0 amide bonds. The van der Waals surface area contributed by atoms with Gasteiger partial charge in [0.05, 0.1) is 18.4 Å². The van der Waals surface area contributed by atoms with Crippen LogP contribution in [-0.2, 0) is 4.74 Å². The molecule has 3 rings (SSSR count). The normalized spacial score (nSPS) is 11.1. The van der Waals surface area contributed by atoms with Crippen molar-refractivity contribution in [2.24, 2.45) is 4.99 Å². The highest BCUT2D eigenvalue weighted by Gasteiger charge is 2.11. The third-order valence-electron chi connectivity index (χ3n) is 4.37. The van der Waals surface area contributed by atoms with Crippen LogP contribution in [0.15, 0.2) is 59.6 Å². The Morgan fingerprint density at radius 2 is 1.77 bits per heavy atom. The summed E-state index contributed by atoms with van der Waals surface area (Å²) in [5.74, 6) is -0.330. The molecule has 0 spiro atoms. The van der Waals surface area contributed by atoms with Gasteiger partial charge in [-0.05, 0) is 68.8 Å². The molecule has 0 aliphatic carbocycles. The molecular weight excluding hydrogens is 324 g/mol. The maximum absolute atomic E-state index is 11.6. The number of aryl methyl sites for hydroxylation is 2. The minimum Gasteiger partial charge on any atom is -0.465 e. The largest absolute Gasteiger partial charge is 0.465 e. The quantitative estimate of drug-likeness (QED) is 0.496. The summed E-state index contributed by atoms with van der Waals surface area (Å²) in [5, 5.41) is 0. The minimum atomic E-state index is -0.330. The maximum Gasteiger partial charge on any atom is 0.337 e. The first kappa shape index (κ1) is 17.7. The zero-order valence-electron chi connectivity index (χ0n) is 15.5. The van der Waals surface area contributed by atoms with Crippen LogP contribution in [0.3, 0.4) is 0 Å². The number of benzene rings is 2. The van der Waals surface area contributed by atoms with Crippen molar-refractivity contribution >= 4 is 17.9 Å². The number of nitrogens with zero attached hydrogens (tertiary/aromatic N) is 2. The average molecular weight is 346 g/mol. The molecule has 26 heavy (non-hydrogen) atoms. The Labute approximate surface area is 153 Å². The molecule has 0 atom stereocenters. The molecule has 0 N–H and O–H groups in total. The Morgan fingerprint density at radius 3 is 2.42 bits per heavy atom. The molecule has 0 saturated carbocycles. The lowest BCUT2D eigenvalue weighted by molar-refractivity contribution is 0.0601. The number of methoxy groups -OCH3 is 1. The molecular formula is C22H22N2O2. The fraction of sp³-hybridized carbons (Fsp3) is 0.182. The van der Waals surface area contributed by atoms with Crippen molar-refractivity contribution in [1.82, 2.24) is 4.57 Å². The van der Waals surface area contributed by atoms with Crippen molar-refractivity contribution in [3.8, 4) is 5.69 Å². The second-order valence-electron chi connectivity index (χ2n) is 6.30. The standard InChI is InChI=1S/C22H22N2O2/c1-15-6-5-7-20(12-15)23-14-19-13-16(2)24(17(19)3)21-10-8-18(9-11-21)22(25)26-4/h5-14H,1-4H3. The smallest absolute Gasteiger partial charge is 0.337 e. The Bertz CT molecular complexity index is 966. The molecule has 3 aromatic rings. The van der Waals surface area contributed by atoms with E-state index < -0.39 is 0 Å². The number of ether oxygens (including phenoxy) is 1. The van der Waals surface area contributed by atoms with Gasteiger partial charge in [-0.25, -0.2) is 4.79 Å². The molecule has 0 saturated heterocycles. The molecule has 132 valence electrons. The number of aromatic nitrogens is 1. The van der Waals surface area contributed by atoms with Crippen LogP contribution < -0.4 is 0 Å². The van der Waals surface area contributed by atoms with Crippen LogP contribution in [0.4, 0.5) is 5.69 Å². The van der Waals surface area contributed by atoms with Gasteiger partial charge in [0, 0.05) is 28.9 Å². The van der Waals surface area contributed by atoms with Crippen molar-refractivity contribution in [2.75, 3.05) is 7.11 Å². The summed E-state index contributed by atoms with van der Waals surface area (Å²) >= 11 is 0. The molecule has 1 heterocycles. The van der Waals surface area contributed by atoms with Crippen molar-refractivity contribution in [3.05, 3.63) is 82.7 Å². The number of hydrogen-bond donors (Lipinski definition) is 0. The second-order valence-corrected chi connectivity index (χ2v) is 6.30. The van der Waals surface area contributed by atoms with E-state index in [1.165, 1.54) is 12.7 Å². The van der Waals surface area contributed by atoms with Gasteiger partial charge in [0.15, 0.2) is 0 Å². The number of aliphatic imine (C=N–C) groups is 1. The number of hydrogen-bond acceptors (Lipinski definition) is 3. The first-order valence-electron chi connectivity index (χ1n) is 8.48. The van der Waals surface area contributed by atoms with E-state index in [1.54, 1.807) is 12.1 Å². The van der Waals surface area contributed by atoms with Gasteiger partial charge in [0.2, 0.25) is 0 Å². The lowest BCUT2D eigenvalue weighted by atomic mass is 10.2. The van der Waals surface area contributed by atoms with Crippen molar-refractivity contribution in [2.45, 2.75) is 20.8 Å². The van der Waals surface area contributed by atoms with Gasteiger partial charge < -0.3 is 9.30 Å². The molecule has 0 aliphatic rings. The highest BCUT2D eigenvalue weighted by Crippen LogP contribution is 2.21. The summed E-state index contributed by atoms with van der Waals surface area (Å²) in [4.78, 5) is 16.2. The number of carbonyl (C=O) groups is 1. The molecule has 0 bridgehead atoms. The summed E-state index contributed by atoms with van der Waals surface area (Å²) in [6.07, 6.45) is 1.90. The van der Waals surface area contributed by atoms with Crippen LogP contribution in [0.5, 0.6) is 0 Å². The third kappa shape index (κ3) is 3.59. The summed E-state index contributed by atoms with van der Waals surface area (Å²) < 4.78 is 6.90. The number of rotatable bonds is 4. The average Bonchev–Trinajstić information content (AvgIpc) is 2.93. The summed E-state index contributed by atoms with van der Waals surface area (Å²) in [7, 11) is 1.39. The first-order chi connectivity index (χ1) is 12.5. The fourth-order valence-electron chi connectivity index (χ4n) is 3.03. The van der Waals surface area contributed by atoms with Crippen LogP contribution in [0, 0.1) is 20.8 Å². The molecule has 0 radical (unpaired) electrons. The molecule has 0 fully saturated rings. The Kier molecular flexibility index (Phi) is 5.03. The monoisotopic (exact) mass is 346 g/mol. The predicted molar refractivity (Wildman–Crippen MR) is 105 cm³/mol. The van der Waals surface area contributed by atoms with Crippen LogP contribution in [0.25, 0.3) is 5.69 Å². The highest BCUT2D eigenvalue weighted by atomic mass is 16.5. The van der Waals surface area contributed by atoms with Gasteiger partial charge in [0.1, 0.15) is 0 Å². The van der Waals surface area contributed by atoms with E-state index in [-0.39, 0.29) is 5.97 Å². The van der Waals surface area contributed by atoms with Gasteiger partial charge >= 0.3 is 5.97 Å². The van der Waals surface area contributed by atoms with E-state index in [0.717, 1.165) is 28.3 Å². The van der Waals surface area contributed by atoms with Gasteiger partial charge in [-0.2, -0.15) is 0 Å². The lowest BCUT2D eigenvalue weighted by Gasteiger charge is -2.10. The van der Waals surface area contributed by atoms with Gasteiger partial charge in [-0.1, -0.05) is 12.1 Å². The van der Waals surface area contributed by atoms with Gasteiger partial charge in [0.25, 0.3) is 0 Å². The van der Waals surface area contributed by atoms with Crippen molar-refractivity contribution in [3.63, 3.8) is 0 Å². The lowest BCUT2D eigenvalue weighted by Crippen LogP contribution is -2.03. The Balaban J connectivity index is 1.92. The zero-order valence-corrected chi connectivity index (χ0v) is 15.5. The second kappa shape index (κ2) is 7.40. The van der Waals surface area contributed by atoms with Crippen molar-refractivity contribution < 1.29 is 9.53 Å². The number of esters is 1. The zero-order chi connectivity index (χ0) is 18.7. The van der Waals surface area contributed by atoms with E-state index in [1.807, 2.05) is 30.5 Å². The molecule has 4 heteroatoms. The van der Waals surface area contributed by atoms with Gasteiger partial charge in [-0.3, -0.25) is 4.99 Å². The molecule has 0 aliphatic heterocycles. The van der Waals surface area contributed by atoms with E-state index in [9.17, 15) is 4.79 Å². The van der Waals surface area contributed by atoms with E-state index in [4.69, 9.17) is 4.74 Å². The fourth-order valence-corrected chi connectivity index (χ4v) is 3.03. The van der Waals surface area contributed by atoms with E-state index in [2.05, 4.69) is 48.5 Å². The Hall–Kier alpha value is -3.14. The maximum atomic E-state index is 11.6. The van der Waals surface area contributed by atoms with Crippen LogP contribution in [0.2, 0.25) is 0 Å². The highest BCUT2D eigenvalue weighted by molar-refractivity contribution is 5.89. The number of carbonyl (C=O) groups excluding carboxylic acids is 1. The summed E-state index contributed by atoms with van der Waals surface area (Å²) in [6, 6.07) is 17.6. The van der Waals surface area contributed by atoms with Crippen molar-refractivity contribution in [1.29, 1.82) is 0 Å². The molecule has 4 nitrogen and oxygen atoms in total. The Morgan fingerprint density at radius 1 is 1.04 bits per heavy atom. The predicted octanol–water partition coefficient (Wildman–Crippen LogP) is 4.94. The molecule has 0 unspecified atom stereocenters. The van der Waals surface area contributed by atoms with Gasteiger partial charge in [-0.15, -0.1) is 0 Å². The molecule has 2 aromatic carbocycles. The third-order valence-corrected chi connectivity index (χ3v) is 4.37. The molecule has 1 aromatic heterocycles. The summed E-state index contributed by atoms with van der Waals surface area (Å²) in [5.41, 5.74) is 6.96. The SMILES string of the molecule is COC(=O)c1ccc(-n2c(C)cc(C=Nc3cccc(C)c3)c2C)cc1.